The van der Waals surface area contributed by atoms with Gasteiger partial charge in [0.15, 0.2) is 0 Å². The SMILES string of the molecule is CCCCCCCCCCCC[S+](C)C(F)(F)F. The molecule has 0 saturated carbocycles. The van der Waals surface area contributed by atoms with Gasteiger partial charge in [-0.3, -0.25) is 0 Å². The molecule has 110 valence electrons. The molecule has 18 heavy (non-hydrogen) atoms. The van der Waals surface area contributed by atoms with Gasteiger partial charge in [0.1, 0.15) is 12.0 Å². The predicted octanol–water partition coefficient (Wildman–Crippen LogP) is 5.68. The Labute approximate surface area is 113 Å². The third-order valence-corrected chi connectivity index (χ3v) is 4.89. The quantitative estimate of drug-likeness (QED) is 0.338. The number of halogens is 3. The summed E-state index contributed by atoms with van der Waals surface area (Å²) in [7, 11) is -1.40. The van der Waals surface area contributed by atoms with Crippen LogP contribution in [0.25, 0.3) is 0 Å². The molecule has 0 N–H and O–H groups in total. The second-order valence-corrected chi connectivity index (χ2v) is 7.11. The van der Waals surface area contributed by atoms with Gasteiger partial charge in [-0.15, -0.1) is 13.2 Å². The number of rotatable bonds is 11. The van der Waals surface area contributed by atoms with Crippen LogP contribution in [-0.2, 0) is 10.9 Å². The van der Waals surface area contributed by atoms with E-state index >= 15 is 0 Å². The molecule has 0 aromatic carbocycles. The van der Waals surface area contributed by atoms with Crippen molar-refractivity contribution < 1.29 is 13.2 Å². The zero-order chi connectivity index (χ0) is 13.9. The summed E-state index contributed by atoms with van der Waals surface area (Å²) in [6.07, 6.45) is 13.1. The highest BCUT2D eigenvalue weighted by molar-refractivity contribution is 7.97. The number of hydrogen-bond donors (Lipinski definition) is 0. The maximum Gasteiger partial charge on any atom is 0.574 e. The van der Waals surface area contributed by atoms with Crippen molar-refractivity contribution in [3.8, 4) is 0 Å². The Balaban J connectivity index is 3.17. The van der Waals surface area contributed by atoms with E-state index in [2.05, 4.69) is 6.92 Å². The van der Waals surface area contributed by atoms with Crippen LogP contribution in [0, 0.1) is 0 Å². The lowest BCUT2D eigenvalue weighted by atomic mass is 10.1. The van der Waals surface area contributed by atoms with E-state index in [-0.39, 0.29) is 0 Å². The molecule has 0 rings (SSSR count). The van der Waals surface area contributed by atoms with Gasteiger partial charge in [-0.05, 0) is 12.8 Å². The van der Waals surface area contributed by atoms with Gasteiger partial charge >= 0.3 is 5.51 Å². The van der Waals surface area contributed by atoms with Crippen LogP contribution >= 0.6 is 0 Å². The van der Waals surface area contributed by atoms with Crippen LogP contribution in [0.4, 0.5) is 13.2 Å². The van der Waals surface area contributed by atoms with Crippen molar-refractivity contribution >= 4 is 10.9 Å². The van der Waals surface area contributed by atoms with E-state index in [4.69, 9.17) is 0 Å². The van der Waals surface area contributed by atoms with E-state index in [1.165, 1.54) is 51.2 Å². The maximum atomic E-state index is 12.2. The van der Waals surface area contributed by atoms with E-state index in [0.29, 0.717) is 5.75 Å². The summed E-state index contributed by atoms with van der Waals surface area (Å²) in [4.78, 5) is 0. The fourth-order valence-corrected chi connectivity index (χ4v) is 2.79. The molecule has 0 aromatic rings. The molecule has 0 spiro atoms. The third-order valence-electron chi connectivity index (χ3n) is 3.20. The molecule has 0 aliphatic carbocycles. The molecule has 1 atom stereocenters. The molecule has 0 amide bonds. The lowest BCUT2D eigenvalue weighted by Crippen LogP contribution is -2.25. The first kappa shape index (κ1) is 18.1. The van der Waals surface area contributed by atoms with E-state index in [9.17, 15) is 13.2 Å². The van der Waals surface area contributed by atoms with Crippen molar-refractivity contribution in [2.45, 2.75) is 76.6 Å². The Morgan fingerprint density at radius 2 is 1.11 bits per heavy atom. The zero-order valence-electron chi connectivity index (χ0n) is 11.8. The topological polar surface area (TPSA) is 0 Å². The van der Waals surface area contributed by atoms with E-state index in [1.807, 2.05) is 0 Å². The van der Waals surface area contributed by atoms with Gasteiger partial charge in [-0.2, -0.15) is 0 Å². The Kier molecular flexibility index (Phi) is 11.1. The molecule has 0 bridgehead atoms. The Morgan fingerprint density at radius 1 is 0.722 bits per heavy atom. The fourth-order valence-electron chi connectivity index (χ4n) is 1.92. The van der Waals surface area contributed by atoms with Crippen molar-refractivity contribution in [1.29, 1.82) is 0 Å². The molecule has 0 aromatic heterocycles. The monoisotopic (exact) mass is 285 g/mol. The number of hydrogen-bond acceptors (Lipinski definition) is 0. The van der Waals surface area contributed by atoms with E-state index < -0.39 is 16.4 Å². The van der Waals surface area contributed by atoms with Gasteiger partial charge in [-0.25, -0.2) is 0 Å². The van der Waals surface area contributed by atoms with Crippen LogP contribution in [0.3, 0.4) is 0 Å². The summed E-state index contributed by atoms with van der Waals surface area (Å²) >= 11 is 0. The largest absolute Gasteiger partial charge is 0.574 e. The summed E-state index contributed by atoms with van der Waals surface area (Å²) in [5, 5.41) is 0. The molecule has 1 unspecified atom stereocenters. The Morgan fingerprint density at radius 3 is 1.50 bits per heavy atom. The van der Waals surface area contributed by atoms with Crippen LogP contribution in [0.2, 0.25) is 0 Å². The first-order valence-corrected chi connectivity index (χ1v) is 8.98. The smallest absolute Gasteiger partial charge is 0.123 e. The maximum absolute atomic E-state index is 12.2. The van der Waals surface area contributed by atoms with Gasteiger partial charge in [0.2, 0.25) is 0 Å². The van der Waals surface area contributed by atoms with Gasteiger partial charge in [0.25, 0.3) is 0 Å². The van der Waals surface area contributed by atoms with E-state index in [0.717, 1.165) is 19.3 Å². The first-order valence-electron chi connectivity index (χ1n) is 7.18. The van der Waals surface area contributed by atoms with E-state index in [1.54, 1.807) is 0 Å². The highest BCUT2D eigenvalue weighted by Gasteiger charge is 2.46. The summed E-state index contributed by atoms with van der Waals surface area (Å²) < 4.78 is 36.7. The van der Waals surface area contributed by atoms with Crippen LogP contribution in [0.15, 0.2) is 0 Å². The first-order chi connectivity index (χ1) is 8.48. The zero-order valence-corrected chi connectivity index (χ0v) is 12.6. The van der Waals surface area contributed by atoms with Gasteiger partial charge in [0.05, 0.1) is 10.9 Å². The van der Waals surface area contributed by atoms with Crippen molar-refractivity contribution in [2.24, 2.45) is 0 Å². The third kappa shape index (κ3) is 11.2. The minimum Gasteiger partial charge on any atom is -0.123 e. The minimum absolute atomic E-state index is 0.319. The lowest BCUT2D eigenvalue weighted by molar-refractivity contribution is -0.0365. The number of alkyl halides is 3. The summed E-state index contributed by atoms with van der Waals surface area (Å²) in [6.45, 7) is 2.21. The fraction of sp³-hybridized carbons (Fsp3) is 1.00. The van der Waals surface area contributed by atoms with Crippen molar-refractivity contribution in [3.05, 3.63) is 0 Å². The van der Waals surface area contributed by atoms with Crippen molar-refractivity contribution in [1.82, 2.24) is 0 Å². The average Bonchev–Trinajstić information content (AvgIpc) is 2.30. The molecule has 0 heterocycles. The average molecular weight is 285 g/mol. The Hall–Kier alpha value is 0.140. The Bertz CT molecular complexity index is 180. The molecular weight excluding hydrogens is 257 g/mol. The highest BCUT2D eigenvalue weighted by atomic mass is 32.2. The summed E-state index contributed by atoms with van der Waals surface area (Å²) in [5.74, 6) is 0.319. The van der Waals surface area contributed by atoms with Gasteiger partial charge in [-0.1, -0.05) is 58.3 Å². The normalized spacial score (nSPS) is 13.8. The molecule has 0 radical (unpaired) electrons. The van der Waals surface area contributed by atoms with Gasteiger partial charge < -0.3 is 0 Å². The lowest BCUT2D eigenvalue weighted by Gasteiger charge is -2.06. The highest BCUT2D eigenvalue weighted by Crippen LogP contribution is 2.25. The van der Waals surface area contributed by atoms with Crippen LogP contribution < -0.4 is 0 Å². The molecular formula is C14H28F3S+. The minimum atomic E-state index is -3.97. The van der Waals surface area contributed by atoms with Crippen molar-refractivity contribution in [2.75, 3.05) is 12.0 Å². The summed E-state index contributed by atoms with van der Waals surface area (Å²) in [6, 6.07) is 0. The molecule has 0 aliphatic heterocycles. The molecule has 0 fully saturated rings. The van der Waals surface area contributed by atoms with Crippen LogP contribution in [-0.4, -0.2) is 17.5 Å². The van der Waals surface area contributed by atoms with Gasteiger partial charge in [0, 0.05) is 0 Å². The number of unbranched alkanes of at least 4 members (excludes halogenated alkanes) is 9. The van der Waals surface area contributed by atoms with Crippen molar-refractivity contribution in [3.63, 3.8) is 0 Å². The second-order valence-electron chi connectivity index (χ2n) is 4.97. The standard InChI is InChI=1S/C14H28F3S/c1-3-4-5-6-7-8-9-10-11-12-13-18(2)14(15,16)17/h3-13H2,1-2H3/q+1. The van der Waals surface area contributed by atoms with Crippen LogP contribution in [0.1, 0.15) is 71.1 Å². The molecule has 0 nitrogen and oxygen atoms in total. The molecule has 4 heteroatoms. The molecule has 0 saturated heterocycles. The summed E-state index contributed by atoms with van der Waals surface area (Å²) in [5.41, 5.74) is -3.97. The predicted molar refractivity (Wildman–Crippen MR) is 76.1 cm³/mol. The second kappa shape index (κ2) is 11.0. The van der Waals surface area contributed by atoms with Crippen LogP contribution in [0.5, 0.6) is 0 Å². The molecule has 0 aliphatic rings.